The third kappa shape index (κ3) is 5.36. The summed E-state index contributed by atoms with van der Waals surface area (Å²) < 4.78 is 12.2. The lowest BCUT2D eigenvalue weighted by Crippen LogP contribution is -1.87. The molecular formula is C44H33NO2. The summed E-state index contributed by atoms with van der Waals surface area (Å²) >= 11 is 0. The van der Waals surface area contributed by atoms with E-state index < -0.39 is 0 Å². The molecule has 3 heterocycles. The van der Waals surface area contributed by atoms with Crippen LogP contribution < -0.4 is 0 Å². The zero-order valence-electron chi connectivity index (χ0n) is 26.5. The number of rotatable bonds is 6. The van der Waals surface area contributed by atoms with E-state index in [0.29, 0.717) is 0 Å². The summed E-state index contributed by atoms with van der Waals surface area (Å²) in [6.07, 6.45) is 17.3. The molecule has 0 radical (unpaired) electrons. The zero-order chi connectivity index (χ0) is 31.9. The molecule has 0 spiro atoms. The van der Waals surface area contributed by atoms with Crippen LogP contribution in [0.25, 0.3) is 77.9 Å². The minimum Gasteiger partial charge on any atom is -0.461 e. The highest BCUT2D eigenvalue weighted by Gasteiger charge is 2.14. The number of fused-ring (bicyclic) bond motifs is 4. The molecule has 0 fully saturated rings. The molecule has 0 saturated heterocycles. The van der Waals surface area contributed by atoms with Crippen molar-refractivity contribution in [2.75, 3.05) is 0 Å². The molecule has 47 heavy (non-hydrogen) atoms. The number of benzene rings is 4. The molecule has 0 bridgehead atoms. The van der Waals surface area contributed by atoms with Gasteiger partial charge < -0.3 is 8.83 Å². The number of hydrogen-bond acceptors (Lipinski definition) is 3. The maximum absolute atomic E-state index is 6.21. The summed E-state index contributed by atoms with van der Waals surface area (Å²) in [6.45, 7) is 7.95. The first kappa shape index (κ1) is 28.5. The van der Waals surface area contributed by atoms with Crippen molar-refractivity contribution in [1.29, 1.82) is 0 Å². The van der Waals surface area contributed by atoms with Gasteiger partial charge in [-0.05, 0) is 96.1 Å². The Bertz CT molecular complexity index is 2480. The van der Waals surface area contributed by atoms with Gasteiger partial charge in [0.25, 0.3) is 0 Å². The maximum Gasteiger partial charge on any atom is 0.153 e. The van der Waals surface area contributed by atoms with Crippen molar-refractivity contribution in [3.8, 4) is 33.4 Å². The number of pyridine rings is 1. The van der Waals surface area contributed by atoms with Crippen molar-refractivity contribution in [2.24, 2.45) is 0 Å². The Balaban J connectivity index is 1.15. The summed E-state index contributed by atoms with van der Waals surface area (Å²) in [5.41, 5.74) is 13.9. The van der Waals surface area contributed by atoms with Crippen molar-refractivity contribution >= 4 is 44.6 Å². The average molecular weight is 608 g/mol. The third-order valence-electron chi connectivity index (χ3n) is 8.95. The Labute approximate surface area is 274 Å². The van der Waals surface area contributed by atoms with E-state index >= 15 is 0 Å². The van der Waals surface area contributed by atoms with Crippen molar-refractivity contribution in [3.05, 3.63) is 163 Å². The molecule has 4 aromatic carbocycles. The molecule has 1 aliphatic carbocycles. The molecule has 0 aliphatic heterocycles. The predicted molar refractivity (Wildman–Crippen MR) is 197 cm³/mol. The van der Waals surface area contributed by atoms with E-state index in [2.05, 4.69) is 135 Å². The van der Waals surface area contributed by atoms with Gasteiger partial charge in [0.2, 0.25) is 0 Å². The summed E-state index contributed by atoms with van der Waals surface area (Å²) in [5, 5.41) is 3.26. The SMILES string of the molecule is C=C/C=C\c1c(C)oc2ccc(-c3cccc(-c4cccc(-c5ccc6oc7cnc(C8=CC(C)=CCC=C8)cc7c6c5)c4)c3)cc12. The minimum atomic E-state index is 0.796. The fourth-order valence-electron chi connectivity index (χ4n) is 6.53. The highest BCUT2D eigenvalue weighted by Crippen LogP contribution is 2.36. The topological polar surface area (TPSA) is 39.2 Å². The van der Waals surface area contributed by atoms with Crippen molar-refractivity contribution < 1.29 is 8.83 Å². The van der Waals surface area contributed by atoms with Gasteiger partial charge in [-0.3, -0.25) is 4.98 Å². The molecule has 7 aromatic rings. The van der Waals surface area contributed by atoms with E-state index in [1.807, 2.05) is 19.2 Å². The average Bonchev–Trinajstić information content (AvgIpc) is 3.54. The van der Waals surface area contributed by atoms with Crippen molar-refractivity contribution in [1.82, 2.24) is 4.98 Å². The summed E-state index contributed by atoms with van der Waals surface area (Å²) in [6, 6.07) is 32.5. The molecule has 226 valence electrons. The molecule has 0 unspecified atom stereocenters. The van der Waals surface area contributed by atoms with Crippen LogP contribution in [-0.2, 0) is 0 Å². The largest absolute Gasteiger partial charge is 0.461 e. The highest BCUT2D eigenvalue weighted by atomic mass is 16.3. The van der Waals surface area contributed by atoms with Crippen LogP contribution in [0.2, 0.25) is 0 Å². The van der Waals surface area contributed by atoms with Crippen molar-refractivity contribution in [2.45, 2.75) is 20.3 Å². The fourth-order valence-corrected chi connectivity index (χ4v) is 6.53. The summed E-state index contributed by atoms with van der Waals surface area (Å²) in [4.78, 5) is 4.74. The Morgan fingerprint density at radius 2 is 1.30 bits per heavy atom. The van der Waals surface area contributed by atoms with Gasteiger partial charge in [-0.2, -0.15) is 0 Å². The quantitative estimate of drug-likeness (QED) is 0.177. The molecule has 0 atom stereocenters. The minimum absolute atomic E-state index is 0.796. The molecule has 3 aromatic heterocycles. The van der Waals surface area contributed by atoms with Gasteiger partial charge >= 0.3 is 0 Å². The molecule has 3 nitrogen and oxygen atoms in total. The first-order valence-corrected chi connectivity index (χ1v) is 16.0. The van der Waals surface area contributed by atoms with Crippen LogP contribution in [-0.4, -0.2) is 4.98 Å². The highest BCUT2D eigenvalue weighted by molar-refractivity contribution is 6.07. The van der Waals surface area contributed by atoms with Crippen LogP contribution in [0.3, 0.4) is 0 Å². The molecule has 0 N–H and O–H groups in total. The predicted octanol–water partition coefficient (Wildman–Crippen LogP) is 12.5. The van der Waals surface area contributed by atoms with Gasteiger partial charge in [0.05, 0.1) is 11.9 Å². The Morgan fingerprint density at radius 1 is 0.681 bits per heavy atom. The van der Waals surface area contributed by atoms with Gasteiger partial charge in [-0.25, -0.2) is 0 Å². The zero-order valence-corrected chi connectivity index (χ0v) is 26.5. The number of nitrogens with zero attached hydrogens (tertiary/aromatic N) is 1. The van der Waals surface area contributed by atoms with Crippen LogP contribution in [0.5, 0.6) is 0 Å². The monoisotopic (exact) mass is 607 g/mol. The lowest BCUT2D eigenvalue weighted by Gasteiger charge is -2.09. The van der Waals surface area contributed by atoms with E-state index in [0.717, 1.165) is 84.2 Å². The molecule has 8 rings (SSSR count). The van der Waals surface area contributed by atoms with Crippen LogP contribution in [0, 0.1) is 6.92 Å². The van der Waals surface area contributed by atoms with Gasteiger partial charge in [0.1, 0.15) is 16.9 Å². The number of furan rings is 2. The van der Waals surface area contributed by atoms with Gasteiger partial charge in [-0.1, -0.05) is 103 Å². The number of aryl methyl sites for hydroxylation is 1. The second-order valence-corrected chi connectivity index (χ2v) is 12.1. The van der Waals surface area contributed by atoms with Gasteiger partial charge in [-0.15, -0.1) is 0 Å². The smallest absolute Gasteiger partial charge is 0.153 e. The molecule has 0 amide bonds. The first-order valence-electron chi connectivity index (χ1n) is 16.0. The summed E-state index contributed by atoms with van der Waals surface area (Å²) in [5.74, 6) is 0.904. The van der Waals surface area contributed by atoms with Crippen molar-refractivity contribution in [3.63, 3.8) is 0 Å². The van der Waals surface area contributed by atoms with Crippen LogP contribution in [0.1, 0.15) is 30.4 Å². The molecular weight excluding hydrogens is 574 g/mol. The van der Waals surface area contributed by atoms with Gasteiger partial charge in [0.15, 0.2) is 5.58 Å². The molecule has 1 aliphatic rings. The lowest BCUT2D eigenvalue weighted by molar-refractivity contribution is 0.577. The molecule has 3 heteroatoms. The number of hydrogen-bond donors (Lipinski definition) is 0. The first-order chi connectivity index (χ1) is 23.0. The Morgan fingerprint density at radius 3 is 1.98 bits per heavy atom. The number of aromatic nitrogens is 1. The van der Waals surface area contributed by atoms with E-state index in [1.165, 1.54) is 16.7 Å². The third-order valence-corrected chi connectivity index (χ3v) is 8.95. The van der Waals surface area contributed by atoms with E-state index in [4.69, 9.17) is 13.8 Å². The van der Waals surface area contributed by atoms with Crippen LogP contribution in [0.4, 0.5) is 0 Å². The Kier molecular flexibility index (Phi) is 7.15. The standard InChI is InChI=1S/C44H33NO2/c1-4-5-16-37-29(3)46-42-19-17-34(24-38(37)42)32-14-8-12-30(22-32)31-13-9-15-33(23-31)35-18-20-43-39(25-35)40-26-41(45-27-44(40)47-43)36-11-7-6-10-28(2)21-36/h4-5,7-27H,1,6H2,2-3H3/b16-5-. The second-order valence-electron chi connectivity index (χ2n) is 12.1. The normalized spacial score (nSPS) is 13.4. The van der Waals surface area contributed by atoms with E-state index in [9.17, 15) is 0 Å². The van der Waals surface area contributed by atoms with Gasteiger partial charge in [0, 0.05) is 27.3 Å². The Hall–Kier alpha value is -5.93. The second kappa shape index (κ2) is 11.8. The van der Waals surface area contributed by atoms with Crippen LogP contribution >= 0.6 is 0 Å². The fraction of sp³-hybridized carbons (Fsp3) is 0.0682. The van der Waals surface area contributed by atoms with Crippen LogP contribution in [0.15, 0.2) is 155 Å². The van der Waals surface area contributed by atoms with E-state index in [1.54, 1.807) is 6.08 Å². The number of allylic oxidation sites excluding steroid dienone is 8. The summed E-state index contributed by atoms with van der Waals surface area (Å²) in [7, 11) is 0. The lowest BCUT2D eigenvalue weighted by atomic mass is 9.95. The molecule has 0 saturated carbocycles. The van der Waals surface area contributed by atoms with E-state index in [-0.39, 0.29) is 0 Å². The maximum atomic E-state index is 6.21.